The standard InChI is InChI=1S/C21H26N4O3/c1-15(26)23-10-5-16(6-11-23)17-7-12-24(13-8-17)20(27)18-14-22-19-4-2-3-9-25(19)21(18)28/h2-4,9,14,16-17H,5-8,10-13H2,1H3. The lowest BCUT2D eigenvalue weighted by atomic mass is 9.78. The number of amides is 2. The molecule has 0 spiro atoms. The molecule has 2 amide bonds. The van der Waals surface area contributed by atoms with E-state index >= 15 is 0 Å². The van der Waals surface area contributed by atoms with Gasteiger partial charge in [-0.1, -0.05) is 6.07 Å². The molecule has 2 aliphatic heterocycles. The molecular formula is C21H26N4O3. The van der Waals surface area contributed by atoms with Crippen LogP contribution in [0, 0.1) is 11.8 Å². The summed E-state index contributed by atoms with van der Waals surface area (Å²) >= 11 is 0. The number of fused-ring (bicyclic) bond motifs is 1. The Labute approximate surface area is 164 Å². The van der Waals surface area contributed by atoms with Gasteiger partial charge in [0.25, 0.3) is 11.5 Å². The van der Waals surface area contributed by atoms with Crippen molar-refractivity contribution in [2.45, 2.75) is 32.6 Å². The molecule has 0 bridgehead atoms. The summed E-state index contributed by atoms with van der Waals surface area (Å²) in [7, 11) is 0. The molecule has 0 atom stereocenters. The second-order valence-corrected chi connectivity index (χ2v) is 7.88. The average Bonchev–Trinajstić information content (AvgIpc) is 2.74. The molecule has 2 aromatic rings. The number of piperidine rings is 2. The van der Waals surface area contributed by atoms with Crippen LogP contribution in [0.1, 0.15) is 43.0 Å². The quantitative estimate of drug-likeness (QED) is 0.794. The molecule has 0 aromatic carbocycles. The van der Waals surface area contributed by atoms with Crippen LogP contribution in [-0.4, -0.2) is 57.2 Å². The largest absolute Gasteiger partial charge is 0.343 e. The number of rotatable bonds is 2. The van der Waals surface area contributed by atoms with Gasteiger partial charge in [-0.2, -0.15) is 0 Å². The highest BCUT2D eigenvalue weighted by Gasteiger charge is 2.32. The summed E-state index contributed by atoms with van der Waals surface area (Å²) in [5.41, 5.74) is 0.367. The number of carbonyl (C=O) groups is 2. The summed E-state index contributed by atoms with van der Waals surface area (Å²) in [6, 6.07) is 5.32. The molecule has 2 fully saturated rings. The number of pyridine rings is 1. The van der Waals surface area contributed by atoms with Crippen molar-refractivity contribution < 1.29 is 9.59 Å². The van der Waals surface area contributed by atoms with E-state index in [1.165, 1.54) is 10.6 Å². The van der Waals surface area contributed by atoms with Gasteiger partial charge in [-0.3, -0.25) is 18.8 Å². The zero-order valence-corrected chi connectivity index (χ0v) is 16.2. The number of carbonyl (C=O) groups excluding carboxylic acids is 2. The fraction of sp³-hybridized carbons (Fsp3) is 0.524. The minimum absolute atomic E-state index is 0.136. The Balaban J connectivity index is 1.39. The van der Waals surface area contributed by atoms with Gasteiger partial charge in [0.2, 0.25) is 5.91 Å². The Hall–Kier alpha value is -2.70. The van der Waals surface area contributed by atoms with Gasteiger partial charge >= 0.3 is 0 Å². The molecule has 0 unspecified atom stereocenters. The van der Waals surface area contributed by atoms with Gasteiger partial charge in [-0.15, -0.1) is 0 Å². The van der Waals surface area contributed by atoms with Crippen LogP contribution in [0.5, 0.6) is 0 Å². The minimum Gasteiger partial charge on any atom is -0.343 e. The van der Waals surface area contributed by atoms with Crippen molar-refractivity contribution in [2.24, 2.45) is 11.8 Å². The summed E-state index contributed by atoms with van der Waals surface area (Å²) in [4.78, 5) is 45.0. The van der Waals surface area contributed by atoms with E-state index in [1.54, 1.807) is 30.2 Å². The molecule has 2 saturated heterocycles. The third kappa shape index (κ3) is 3.53. The summed E-state index contributed by atoms with van der Waals surface area (Å²) in [5.74, 6) is 1.16. The van der Waals surface area contributed by atoms with E-state index in [1.807, 2.05) is 11.0 Å². The van der Waals surface area contributed by atoms with Crippen molar-refractivity contribution in [3.05, 3.63) is 46.5 Å². The first kappa shape index (κ1) is 18.7. The van der Waals surface area contributed by atoms with Gasteiger partial charge in [0.15, 0.2) is 0 Å². The molecule has 4 rings (SSSR count). The second-order valence-electron chi connectivity index (χ2n) is 7.88. The predicted molar refractivity (Wildman–Crippen MR) is 105 cm³/mol. The van der Waals surface area contributed by atoms with Gasteiger partial charge in [-0.25, -0.2) is 4.98 Å². The number of aromatic nitrogens is 2. The second kappa shape index (κ2) is 7.73. The van der Waals surface area contributed by atoms with Crippen LogP contribution in [0.3, 0.4) is 0 Å². The van der Waals surface area contributed by atoms with E-state index in [4.69, 9.17) is 0 Å². The zero-order chi connectivity index (χ0) is 19.7. The lowest BCUT2D eigenvalue weighted by Crippen LogP contribution is -2.44. The molecule has 2 aromatic heterocycles. The van der Waals surface area contributed by atoms with Crippen LogP contribution >= 0.6 is 0 Å². The molecule has 0 saturated carbocycles. The predicted octanol–water partition coefficient (Wildman–Crippen LogP) is 1.81. The fourth-order valence-corrected chi connectivity index (χ4v) is 4.60. The number of hydrogen-bond donors (Lipinski definition) is 0. The Bertz CT molecular complexity index is 938. The smallest absolute Gasteiger partial charge is 0.270 e. The Morgan fingerprint density at radius 3 is 2.18 bits per heavy atom. The summed E-state index contributed by atoms with van der Waals surface area (Å²) < 4.78 is 1.42. The van der Waals surface area contributed by atoms with Crippen molar-refractivity contribution in [2.75, 3.05) is 26.2 Å². The SMILES string of the molecule is CC(=O)N1CCC(C2CCN(C(=O)c3cnc4ccccn4c3=O)CC2)CC1. The molecule has 7 heteroatoms. The van der Waals surface area contributed by atoms with Crippen molar-refractivity contribution >= 4 is 17.5 Å². The molecule has 0 N–H and O–H groups in total. The van der Waals surface area contributed by atoms with E-state index in [0.717, 1.165) is 38.8 Å². The van der Waals surface area contributed by atoms with Crippen LogP contribution < -0.4 is 5.56 Å². The molecule has 4 heterocycles. The van der Waals surface area contributed by atoms with E-state index in [2.05, 4.69) is 4.98 Å². The lowest BCUT2D eigenvalue weighted by Gasteiger charge is -2.40. The molecular weight excluding hydrogens is 356 g/mol. The van der Waals surface area contributed by atoms with E-state index in [0.29, 0.717) is 30.6 Å². The Morgan fingerprint density at radius 1 is 0.964 bits per heavy atom. The van der Waals surface area contributed by atoms with Gasteiger partial charge in [0, 0.05) is 45.5 Å². The lowest BCUT2D eigenvalue weighted by molar-refractivity contribution is -0.130. The topological polar surface area (TPSA) is 75.0 Å². The molecule has 7 nitrogen and oxygen atoms in total. The first-order chi connectivity index (χ1) is 13.5. The van der Waals surface area contributed by atoms with Crippen LogP contribution in [0.2, 0.25) is 0 Å². The summed E-state index contributed by atoms with van der Waals surface area (Å²) in [5, 5.41) is 0. The first-order valence-electron chi connectivity index (χ1n) is 10.1. The number of likely N-dealkylation sites (tertiary alicyclic amines) is 2. The van der Waals surface area contributed by atoms with E-state index in [9.17, 15) is 14.4 Å². The normalized spacial score (nSPS) is 19.2. The zero-order valence-electron chi connectivity index (χ0n) is 16.2. The molecule has 148 valence electrons. The van der Waals surface area contributed by atoms with Crippen LogP contribution in [0.15, 0.2) is 35.4 Å². The van der Waals surface area contributed by atoms with Gasteiger partial charge in [0.1, 0.15) is 11.2 Å². The molecule has 0 aliphatic carbocycles. The Kier molecular flexibility index (Phi) is 5.15. The fourth-order valence-electron chi connectivity index (χ4n) is 4.60. The monoisotopic (exact) mass is 382 g/mol. The molecule has 2 aliphatic rings. The highest BCUT2D eigenvalue weighted by Crippen LogP contribution is 2.32. The van der Waals surface area contributed by atoms with Crippen molar-refractivity contribution in [3.63, 3.8) is 0 Å². The van der Waals surface area contributed by atoms with Gasteiger partial charge in [0.05, 0.1) is 0 Å². The van der Waals surface area contributed by atoms with Gasteiger partial charge in [-0.05, 0) is 49.7 Å². The van der Waals surface area contributed by atoms with Crippen molar-refractivity contribution in [3.8, 4) is 0 Å². The third-order valence-corrected chi connectivity index (χ3v) is 6.32. The average molecular weight is 382 g/mol. The maximum atomic E-state index is 12.9. The first-order valence-corrected chi connectivity index (χ1v) is 10.1. The molecule has 28 heavy (non-hydrogen) atoms. The summed E-state index contributed by atoms with van der Waals surface area (Å²) in [6.07, 6.45) is 7.06. The van der Waals surface area contributed by atoms with Crippen LogP contribution in [0.25, 0.3) is 5.65 Å². The number of hydrogen-bond acceptors (Lipinski definition) is 4. The van der Waals surface area contributed by atoms with Gasteiger partial charge < -0.3 is 9.80 Å². The third-order valence-electron chi connectivity index (χ3n) is 6.32. The van der Waals surface area contributed by atoms with Crippen molar-refractivity contribution in [1.29, 1.82) is 0 Å². The highest BCUT2D eigenvalue weighted by molar-refractivity contribution is 5.93. The summed E-state index contributed by atoms with van der Waals surface area (Å²) in [6.45, 7) is 4.67. The molecule has 0 radical (unpaired) electrons. The minimum atomic E-state index is -0.311. The van der Waals surface area contributed by atoms with E-state index in [-0.39, 0.29) is 22.9 Å². The maximum absolute atomic E-state index is 12.9. The van der Waals surface area contributed by atoms with Crippen LogP contribution in [0.4, 0.5) is 0 Å². The highest BCUT2D eigenvalue weighted by atomic mass is 16.2. The van der Waals surface area contributed by atoms with E-state index < -0.39 is 0 Å². The maximum Gasteiger partial charge on any atom is 0.270 e. The number of nitrogens with zero attached hydrogens (tertiary/aromatic N) is 4. The van der Waals surface area contributed by atoms with Crippen LogP contribution in [-0.2, 0) is 4.79 Å². The van der Waals surface area contributed by atoms with Crippen molar-refractivity contribution in [1.82, 2.24) is 19.2 Å². The Morgan fingerprint density at radius 2 is 1.57 bits per heavy atom.